The highest BCUT2D eigenvalue weighted by Gasteiger charge is 2.34. The molecular formula is C11H24N2O2S2. The second kappa shape index (κ2) is 5.91. The first kappa shape index (κ1) is 15.3. The zero-order valence-corrected chi connectivity index (χ0v) is 12.6. The SMILES string of the molecule is CCC(C)(CN)CN1CCSCC1S(C)(=O)=O. The van der Waals surface area contributed by atoms with Gasteiger partial charge in [-0.1, -0.05) is 13.8 Å². The quantitative estimate of drug-likeness (QED) is 0.806. The standard InChI is InChI=1S/C11H24N2O2S2/c1-4-11(2,8-12)9-13-5-6-16-7-10(13)17(3,14)15/h10H,4-9,12H2,1-3H3. The Hall–Kier alpha value is 0.220. The van der Waals surface area contributed by atoms with E-state index in [1.807, 2.05) is 0 Å². The molecule has 1 saturated heterocycles. The average Bonchev–Trinajstić information content (AvgIpc) is 2.28. The maximum absolute atomic E-state index is 11.8. The van der Waals surface area contributed by atoms with E-state index >= 15 is 0 Å². The summed E-state index contributed by atoms with van der Waals surface area (Å²) in [7, 11) is -3.00. The molecule has 0 radical (unpaired) electrons. The number of hydrogen-bond acceptors (Lipinski definition) is 5. The van der Waals surface area contributed by atoms with E-state index in [4.69, 9.17) is 5.73 Å². The summed E-state index contributed by atoms with van der Waals surface area (Å²) < 4.78 is 23.5. The summed E-state index contributed by atoms with van der Waals surface area (Å²) in [6.07, 6.45) is 2.31. The second-order valence-corrected chi connectivity index (χ2v) is 8.55. The molecule has 1 aliphatic rings. The number of thioether (sulfide) groups is 1. The van der Waals surface area contributed by atoms with Crippen molar-refractivity contribution in [1.82, 2.24) is 4.90 Å². The monoisotopic (exact) mass is 280 g/mol. The Kier molecular flexibility index (Phi) is 5.31. The van der Waals surface area contributed by atoms with Crippen molar-refractivity contribution in [2.24, 2.45) is 11.1 Å². The van der Waals surface area contributed by atoms with Gasteiger partial charge >= 0.3 is 0 Å². The summed E-state index contributed by atoms with van der Waals surface area (Å²) in [5.74, 6) is 1.69. The maximum Gasteiger partial charge on any atom is 0.164 e. The highest BCUT2D eigenvalue weighted by Crippen LogP contribution is 2.27. The zero-order chi connectivity index (χ0) is 13.1. The summed E-state index contributed by atoms with van der Waals surface area (Å²) in [5.41, 5.74) is 5.83. The molecule has 1 rings (SSSR count). The first-order chi connectivity index (χ1) is 7.82. The minimum absolute atomic E-state index is 0.0188. The van der Waals surface area contributed by atoms with E-state index < -0.39 is 9.84 Å². The molecule has 2 N–H and O–H groups in total. The van der Waals surface area contributed by atoms with Gasteiger partial charge in [-0.3, -0.25) is 4.90 Å². The first-order valence-electron chi connectivity index (χ1n) is 6.03. The van der Waals surface area contributed by atoms with E-state index in [9.17, 15) is 8.42 Å². The Balaban J connectivity index is 2.79. The van der Waals surface area contributed by atoms with Gasteiger partial charge in [-0.15, -0.1) is 0 Å². The first-order valence-corrected chi connectivity index (χ1v) is 9.14. The van der Waals surface area contributed by atoms with E-state index in [1.54, 1.807) is 11.8 Å². The lowest BCUT2D eigenvalue weighted by atomic mass is 9.87. The van der Waals surface area contributed by atoms with Crippen LogP contribution < -0.4 is 5.73 Å². The molecule has 0 aromatic heterocycles. The molecule has 2 atom stereocenters. The highest BCUT2D eigenvalue weighted by molar-refractivity contribution is 8.00. The normalized spacial score (nSPS) is 26.7. The lowest BCUT2D eigenvalue weighted by Crippen LogP contribution is -2.51. The Bertz CT molecular complexity index is 339. The Labute approximate surface area is 109 Å². The van der Waals surface area contributed by atoms with Gasteiger partial charge in [-0.05, 0) is 18.4 Å². The van der Waals surface area contributed by atoms with Crippen molar-refractivity contribution < 1.29 is 8.42 Å². The van der Waals surface area contributed by atoms with E-state index in [2.05, 4.69) is 18.7 Å². The molecule has 6 heteroatoms. The molecular weight excluding hydrogens is 256 g/mol. The van der Waals surface area contributed by atoms with Crippen molar-refractivity contribution >= 4 is 21.6 Å². The third-order valence-corrected chi connectivity index (χ3v) is 6.30. The Morgan fingerprint density at radius 1 is 1.53 bits per heavy atom. The van der Waals surface area contributed by atoms with E-state index in [0.29, 0.717) is 12.3 Å². The molecule has 0 bridgehead atoms. The highest BCUT2D eigenvalue weighted by atomic mass is 32.2. The summed E-state index contributed by atoms with van der Waals surface area (Å²) in [5, 5.41) is -0.335. The van der Waals surface area contributed by atoms with Crippen LogP contribution in [0.4, 0.5) is 0 Å². The summed E-state index contributed by atoms with van der Waals surface area (Å²) in [4.78, 5) is 2.10. The van der Waals surface area contributed by atoms with Gasteiger partial charge in [0.1, 0.15) is 5.37 Å². The molecule has 1 heterocycles. The minimum Gasteiger partial charge on any atom is -0.330 e. The van der Waals surface area contributed by atoms with Gasteiger partial charge in [0, 0.05) is 30.9 Å². The number of rotatable bonds is 5. The zero-order valence-electron chi connectivity index (χ0n) is 11.0. The molecule has 0 spiro atoms. The van der Waals surface area contributed by atoms with E-state index in [0.717, 1.165) is 25.3 Å². The molecule has 1 fully saturated rings. The molecule has 0 aliphatic carbocycles. The van der Waals surface area contributed by atoms with Crippen LogP contribution in [0.2, 0.25) is 0 Å². The molecule has 0 aromatic carbocycles. The maximum atomic E-state index is 11.8. The number of hydrogen-bond donors (Lipinski definition) is 1. The fourth-order valence-corrected chi connectivity index (χ4v) is 4.94. The second-order valence-electron chi connectivity index (χ2n) is 5.20. The summed E-state index contributed by atoms with van der Waals surface area (Å²) in [6, 6.07) is 0. The fraction of sp³-hybridized carbons (Fsp3) is 1.00. The van der Waals surface area contributed by atoms with Gasteiger partial charge in [-0.25, -0.2) is 8.42 Å². The molecule has 0 saturated carbocycles. The van der Waals surface area contributed by atoms with Crippen LogP contribution in [0.25, 0.3) is 0 Å². The number of sulfone groups is 1. The van der Waals surface area contributed by atoms with Crippen molar-refractivity contribution in [1.29, 1.82) is 0 Å². The lowest BCUT2D eigenvalue weighted by Gasteiger charge is -2.40. The Morgan fingerprint density at radius 2 is 2.18 bits per heavy atom. The summed E-state index contributed by atoms with van der Waals surface area (Å²) >= 11 is 1.72. The molecule has 2 unspecified atom stereocenters. The van der Waals surface area contributed by atoms with Crippen LogP contribution in [-0.4, -0.2) is 56.1 Å². The predicted molar refractivity (Wildman–Crippen MR) is 75.0 cm³/mol. The van der Waals surface area contributed by atoms with E-state index in [-0.39, 0.29) is 10.8 Å². The van der Waals surface area contributed by atoms with Crippen LogP contribution in [0.5, 0.6) is 0 Å². The average molecular weight is 280 g/mol. The van der Waals surface area contributed by atoms with Gasteiger partial charge in [-0.2, -0.15) is 11.8 Å². The molecule has 0 amide bonds. The largest absolute Gasteiger partial charge is 0.330 e. The van der Waals surface area contributed by atoms with Crippen molar-refractivity contribution in [2.45, 2.75) is 25.6 Å². The fourth-order valence-electron chi connectivity index (χ4n) is 2.00. The van der Waals surface area contributed by atoms with Crippen molar-refractivity contribution in [2.75, 3.05) is 37.4 Å². The van der Waals surface area contributed by atoms with Gasteiger partial charge in [0.05, 0.1) is 0 Å². The van der Waals surface area contributed by atoms with Gasteiger partial charge < -0.3 is 5.73 Å². The van der Waals surface area contributed by atoms with Crippen LogP contribution in [0, 0.1) is 5.41 Å². The van der Waals surface area contributed by atoms with Crippen LogP contribution in [-0.2, 0) is 9.84 Å². The lowest BCUT2D eigenvalue weighted by molar-refractivity contribution is 0.161. The van der Waals surface area contributed by atoms with Crippen LogP contribution in [0.3, 0.4) is 0 Å². The number of nitrogens with two attached hydrogens (primary N) is 1. The third kappa shape index (κ3) is 4.12. The molecule has 4 nitrogen and oxygen atoms in total. The van der Waals surface area contributed by atoms with E-state index in [1.165, 1.54) is 6.26 Å². The topological polar surface area (TPSA) is 63.4 Å². The van der Waals surface area contributed by atoms with Crippen molar-refractivity contribution in [3.8, 4) is 0 Å². The van der Waals surface area contributed by atoms with Gasteiger partial charge in [0.15, 0.2) is 9.84 Å². The van der Waals surface area contributed by atoms with Crippen molar-refractivity contribution in [3.05, 3.63) is 0 Å². The van der Waals surface area contributed by atoms with Gasteiger partial charge in [0.25, 0.3) is 0 Å². The summed E-state index contributed by atoms with van der Waals surface area (Å²) in [6.45, 7) is 6.47. The third-order valence-electron chi connectivity index (χ3n) is 3.62. The molecule has 1 aliphatic heterocycles. The molecule has 102 valence electrons. The van der Waals surface area contributed by atoms with Crippen LogP contribution >= 0.6 is 11.8 Å². The smallest absolute Gasteiger partial charge is 0.164 e. The predicted octanol–water partition coefficient (Wildman–Crippen LogP) is 0.781. The number of nitrogens with zero attached hydrogens (tertiary/aromatic N) is 1. The van der Waals surface area contributed by atoms with Crippen LogP contribution in [0.15, 0.2) is 0 Å². The minimum atomic E-state index is -3.00. The molecule has 0 aromatic rings. The Morgan fingerprint density at radius 3 is 2.65 bits per heavy atom. The van der Waals surface area contributed by atoms with Gasteiger partial charge in [0.2, 0.25) is 0 Å². The molecule has 17 heavy (non-hydrogen) atoms. The van der Waals surface area contributed by atoms with Crippen molar-refractivity contribution in [3.63, 3.8) is 0 Å². The van der Waals surface area contributed by atoms with Crippen LogP contribution in [0.1, 0.15) is 20.3 Å².